The van der Waals surface area contributed by atoms with Crippen LogP contribution in [0.5, 0.6) is 0 Å². The van der Waals surface area contributed by atoms with Crippen LogP contribution in [0.4, 0.5) is 11.4 Å². The second-order valence-corrected chi connectivity index (χ2v) is 7.02. The van der Waals surface area contributed by atoms with E-state index in [0.29, 0.717) is 0 Å². The zero-order chi connectivity index (χ0) is 18.4. The highest BCUT2D eigenvalue weighted by Gasteiger charge is 2.19. The summed E-state index contributed by atoms with van der Waals surface area (Å²) in [4.78, 5) is 4.19. The maximum Gasteiger partial charge on any atom is 0.158 e. The monoisotopic (exact) mass is 353 g/mol. The Kier molecular flexibility index (Phi) is 3.57. The fraction of sp³-hybridized carbons (Fsp3) is 0.130. The minimum absolute atomic E-state index is 0.733. The third kappa shape index (κ3) is 2.70. The van der Waals surface area contributed by atoms with Gasteiger partial charge in [-0.15, -0.1) is 0 Å². The maximum atomic E-state index is 8.03. The van der Waals surface area contributed by atoms with Gasteiger partial charge in [-0.3, -0.25) is 4.98 Å². The summed E-state index contributed by atoms with van der Waals surface area (Å²) in [6.07, 6.45) is 5.30. The second-order valence-electron chi connectivity index (χ2n) is 7.02. The van der Waals surface area contributed by atoms with E-state index in [-0.39, 0.29) is 0 Å². The molecular weight excluding hydrogens is 334 g/mol. The van der Waals surface area contributed by atoms with E-state index in [1.54, 1.807) is 12.4 Å². The molecule has 0 atom stereocenters. The first kappa shape index (κ1) is 15.8. The Balaban J connectivity index is 1.63. The molecule has 5 rings (SSSR count). The number of furan rings is 1. The van der Waals surface area contributed by atoms with Crippen molar-refractivity contribution in [3.8, 4) is 11.3 Å². The molecule has 2 aromatic carbocycles. The molecule has 0 aliphatic heterocycles. The predicted molar refractivity (Wildman–Crippen MR) is 109 cm³/mol. The highest BCUT2D eigenvalue weighted by Crippen LogP contribution is 2.40. The first-order chi connectivity index (χ1) is 13.2. The minimum Gasteiger partial charge on any atom is -0.452 e. The number of aryl methyl sites for hydroxylation is 2. The molecule has 0 unspecified atom stereocenters. The molecule has 2 N–H and O–H groups in total. The van der Waals surface area contributed by atoms with Crippen LogP contribution < -0.4 is 5.32 Å². The number of fused-ring (bicyclic) bond motifs is 2. The largest absolute Gasteiger partial charge is 0.452 e. The van der Waals surface area contributed by atoms with Crippen molar-refractivity contribution < 1.29 is 4.42 Å². The van der Waals surface area contributed by atoms with E-state index >= 15 is 0 Å². The van der Waals surface area contributed by atoms with Crippen molar-refractivity contribution in [1.82, 2.24) is 4.98 Å². The van der Waals surface area contributed by atoms with Crippen LogP contribution in [0.3, 0.4) is 0 Å². The summed E-state index contributed by atoms with van der Waals surface area (Å²) in [5.41, 5.74) is 8.00. The Hall–Kier alpha value is -3.40. The number of pyridine rings is 1. The summed E-state index contributed by atoms with van der Waals surface area (Å²) in [5, 5.41) is 12.6. The normalized spacial score (nSPS) is 13.1. The van der Waals surface area contributed by atoms with Gasteiger partial charge in [0.05, 0.1) is 11.9 Å². The first-order valence-corrected chi connectivity index (χ1v) is 9.10. The molecule has 1 aliphatic rings. The summed E-state index contributed by atoms with van der Waals surface area (Å²) in [5.74, 6) is 0.811. The smallest absolute Gasteiger partial charge is 0.158 e. The van der Waals surface area contributed by atoms with Crippen LogP contribution in [-0.2, 0) is 6.42 Å². The molecule has 0 saturated carbocycles. The molecule has 4 nitrogen and oxygen atoms in total. The molecule has 2 heterocycles. The van der Waals surface area contributed by atoms with Gasteiger partial charge in [0.2, 0.25) is 0 Å². The van der Waals surface area contributed by atoms with Gasteiger partial charge >= 0.3 is 0 Å². The number of rotatable bonds is 3. The first-order valence-electron chi connectivity index (χ1n) is 9.10. The van der Waals surface area contributed by atoms with Gasteiger partial charge < -0.3 is 15.1 Å². The third-order valence-electron chi connectivity index (χ3n) is 5.15. The molecule has 0 bridgehead atoms. The second kappa shape index (κ2) is 6.09. The number of hydrogen-bond donors (Lipinski definition) is 2. The Bertz CT molecular complexity index is 1170. The lowest BCUT2D eigenvalue weighted by Crippen LogP contribution is -1.95. The lowest BCUT2D eigenvalue weighted by molar-refractivity contribution is 0.631. The van der Waals surface area contributed by atoms with Crippen molar-refractivity contribution in [3.05, 3.63) is 77.6 Å². The topological polar surface area (TPSA) is 61.9 Å². The van der Waals surface area contributed by atoms with Gasteiger partial charge in [-0.2, -0.15) is 0 Å². The van der Waals surface area contributed by atoms with Crippen molar-refractivity contribution in [2.75, 3.05) is 5.32 Å². The summed E-state index contributed by atoms with van der Waals surface area (Å²) in [6.45, 7) is 2.08. The number of anilines is 2. The van der Waals surface area contributed by atoms with E-state index in [9.17, 15) is 0 Å². The number of nitrogens with one attached hydrogen (secondary N) is 2. The summed E-state index contributed by atoms with van der Waals surface area (Å²) >= 11 is 0. The fourth-order valence-electron chi connectivity index (χ4n) is 3.69. The molecule has 4 aromatic rings. The zero-order valence-electron chi connectivity index (χ0n) is 15.0. The van der Waals surface area contributed by atoms with Crippen LogP contribution in [0.2, 0.25) is 0 Å². The van der Waals surface area contributed by atoms with E-state index in [1.807, 2.05) is 18.2 Å². The van der Waals surface area contributed by atoms with Gasteiger partial charge in [-0.05, 0) is 49.1 Å². The molecule has 0 fully saturated rings. The highest BCUT2D eigenvalue weighted by atomic mass is 16.3. The van der Waals surface area contributed by atoms with Crippen molar-refractivity contribution >= 4 is 28.1 Å². The maximum absolute atomic E-state index is 8.03. The fourth-order valence-corrected chi connectivity index (χ4v) is 3.69. The molecule has 1 aliphatic carbocycles. The molecular formula is C23H19N3O. The van der Waals surface area contributed by atoms with Crippen LogP contribution >= 0.6 is 0 Å². The number of aromatic nitrogens is 1. The van der Waals surface area contributed by atoms with Crippen molar-refractivity contribution in [1.29, 1.82) is 5.41 Å². The molecule has 4 heteroatoms. The zero-order valence-corrected chi connectivity index (χ0v) is 15.0. The van der Waals surface area contributed by atoms with Gasteiger partial charge in [0, 0.05) is 28.5 Å². The van der Waals surface area contributed by atoms with Crippen LogP contribution in [0.15, 0.2) is 65.3 Å². The Morgan fingerprint density at radius 2 is 1.89 bits per heavy atom. The van der Waals surface area contributed by atoms with Gasteiger partial charge in [0.15, 0.2) is 11.3 Å². The number of hydrogen-bond acceptors (Lipinski definition) is 4. The molecule has 0 amide bonds. The molecule has 27 heavy (non-hydrogen) atoms. The minimum atomic E-state index is 0.733. The van der Waals surface area contributed by atoms with Crippen molar-refractivity contribution in [2.24, 2.45) is 0 Å². The van der Waals surface area contributed by atoms with E-state index in [2.05, 4.69) is 47.6 Å². The average Bonchev–Trinajstić information content (AvgIpc) is 3.24. The van der Waals surface area contributed by atoms with Crippen LogP contribution in [0.1, 0.15) is 23.1 Å². The SMILES string of the molecule is Cc1ccc(-c2oc3cnccc3c2Nc2ccc3c(c2)CCC3=N)cc1. The molecule has 2 aromatic heterocycles. The standard InChI is InChI=1S/C23H19N3O/c1-14-2-4-15(5-3-14)23-22(19-10-11-25-13-21(19)27-23)26-17-7-8-18-16(12-17)6-9-20(18)24/h2-5,7-8,10-13,24,26H,6,9H2,1H3. The third-order valence-corrected chi connectivity index (χ3v) is 5.15. The van der Waals surface area contributed by atoms with Crippen LogP contribution in [0, 0.1) is 12.3 Å². The summed E-state index contributed by atoms with van der Waals surface area (Å²) in [6, 6.07) is 16.5. The number of nitrogens with zero attached hydrogens (tertiary/aromatic N) is 1. The lowest BCUT2D eigenvalue weighted by Gasteiger charge is -2.10. The van der Waals surface area contributed by atoms with Gasteiger partial charge in [-0.1, -0.05) is 35.9 Å². The van der Waals surface area contributed by atoms with Crippen molar-refractivity contribution in [3.63, 3.8) is 0 Å². The molecule has 0 radical (unpaired) electrons. The van der Waals surface area contributed by atoms with E-state index in [4.69, 9.17) is 9.83 Å². The van der Waals surface area contributed by atoms with Crippen molar-refractivity contribution in [2.45, 2.75) is 19.8 Å². The Labute approximate surface area is 157 Å². The molecule has 0 saturated heterocycles. The molecule has 132 valence electrons. The van der Waals surface area contributed by atoms with Crippen LogP contribution in [-0.4, -0.2) is 10.7 Å². The van der Waals surface area contributed by atoms with E-state index < -0.39 is 0 Å². The number of benzene rings is 2. The van der Waals surface area contributed by atoms with Crippen LogP contribution in [0.25, 0.3) is 22.3 Å². The summed E-state index contributed by atoms with van der Waals surface area (Å²) in [7, 11) is 0. The van der Waals surface area contributed by atoms with Gasteiger partial charge in [0.25, 0.3) is 0 Å². The Morgan fingerprint density at radius 3 is 2.74 bits per heavy atom. The molecule has 0 spiro atoms. The lowest BCUT2D eigenvalue weighted by atomic mass is 10.1. The van der Waals surface area contributed by atoms with Gasteiger partial charge in [0.1, 0.15) is 0 Å². The quantitative estimate of drug-likeness (QED) is 0.485. The van der Waals surface area contributed by atoms with Gasteiger partial charge in [-0.25, -0.2) is 0 Å². The average molecular weight is 353 g/mol. The highest BCUT2D eigenvalue weighted by molar-refractivity contribution is 6.03. The van der Waals surface area contributed by atoms with E-state index in [0.717, 1.165) is 57.8 Å². The summed E-state index contributed by atoms with van der Waals surface area (Å²) < 4.78 is 6.15. The van der Waals surface area contributed by atoms with E-state index in [1.165, 1.54) is 11.1 Å². The predicted octanol–water partition coefficient (Wildman–Crippen LogP) is 5.86. The Morgan fingerprint density at radius 1 is 1.04 bits per heavy atom.